The topological polar surface area (TPSA) is 82.7 Å². The highest BCUT2D eigenvalue weighted by molar-refractivity contribution is 5.99. The zero-order valence-corrected chi connectivity index (χ0v) is 17.8. The Morgan fingerprint density at radius 1 is 1.03 bits per heavy atom. The highest BCUT2D eigenvalue weighted by Gasteiger charge is 2.32. The van der Waals surface area contributed by atoms with E-state index in [1.807, 2.05) is 4.90 Å². The van der Waals surface area contributed by atoms with Crippen LogP contribution in [0.2, 0.25) is 0 Å². The summed E-state index contributed by atoms with van der Waals surface area (Å²) in [6, 6.07) is 9.37. The first kappa shape index (κ1) is 23.4. The molecular weight excluding hydrogens is 425 g/mol. The molecule has 0 aliphatic carbocycles. The predicted octanol–water partition coefficient (Wildman–Crippen LogP) is 3.94. The van der Waals surface area contributed by atoms with Crippen molar-refractivity contribution in [2.45, 2.75) is 26.1 Å². The van der Waals surface area contributed by atoms with Gasteiger partial charge in [-0.05, 0) is 43.3 Å². The monoisotopic (exact) mass is 450 g/mol. The third kappa shape index (κ3) is 6.13. The normalized spacial score (nSPS) is 15.1. The van der Waals surface area contributed by atoms with Crippen LogP contribution in [0.5, 0.6) is 0 Å². The number of rotatable bonds is 6. The van der Waals surface area contributed by atoms with Crippen LogP contribution in [-0.4, -0.2) is 44.2 Å². The third-order valence-electron chi connectivity index (χ3n) is 4.89. The van der Waals surface area contributed by atoms with Gasteiger partial charge >= 0.3 is 6.18 Å². The molecule has 172 valence electrons. The lowest BCUT2D eigenvalue weighted by molar-refractivity contribution is -0.137. The van der Waals surface area contributed by atoms with Crippen LogP contribution in [0.1, 0.15) is 19.4 Å². The Morgan fingerprint density at radius 3 is 2.38 bits per heavy atom. The van der Waals surface area contributed by atoms with Crippen LogP contribution in [0, 0.1) is 0 Å². The van der Waals surface area contributed by atoms with E-state index in [2.05, 4.69) is 16.0 Å². The van der Waals surface area contributed by atoms with Gasteiger partial charge in [-0.1, -0.05) is 6.07 Å². The maximum Gasteiger partial charge on any atom is 0.416 e. The van der Waals surface area contributed by atoms with Crippen molar-refractivity contribution >= 4 is 34.6 Å². The third-order valence-corrected chi connectivity index (χ3v) is 4.89. The Morgan fingerprint density at radius 2 is 1.72 bits per heavy atom. The number of anilines is 4. The number of benzene rings is 2. The molecule has 1 saturated heterocycles. The van der Waals surface area contributed by atoms with Crippen LogP contribution < -0.4 is 20.9 Å². The lowest BCUT2D eigenvalue weighted by atomic mass is 10.1. The molecule has 0 bridgehead atoms. The average molecular weight is 450 g/mol. The number of nitrogens with zero attached hydrogens (tertiary/aromatic N) is 1. The van der Waals surface area contributed by atoms with Crippen LogP contribution in [0.3, 0.4) is 0 Å². The van der Waals surface area contributed by atoms with Crippen molar-refractivity contribution in [1.82, 2.24) is 0 Å². The Kier molecular flexibility index (Phi) is 7.24. The van der Waals surface area contributed by atoms with Gasteiger partial charge in [0, 0.05) is 31.4 Å². The van der Waals surface area contributed by atoms with E-state index in [9.17, 15) is 22.8 Å². The van der Waals surface area contributed by atoms with Gasteiger partial charge in [-0.2, -0.15) is 13.2 Å². The molecule has 1 atom stereocenters. The van der Waals surface area contributed by atoms with Gasteiger partial charge in [-0.25, -0.2) is 0 Å². The number of carbonyl (C=O) groups excluding carboxylic acids is 2. The molecule has 0 spiro atoms. The van der Waals surface area contributed by atoms with Gasteiger partial charge in [0.1, 0.15) is 6.04 Å². The minimum atomic E-state index is -4.53. The van der Waals surface area contributed by atoms with Gasteiger partial charge in [0.25, 0.3) is 0 Å². The van der Waals surface area contributed by atoms with Crippen LogP contribution >= 0.6 is 0 Å². The zero-order chi connectivity index (χ0) is 23.3. The molecule has 1 aliphatic heterocycles. The van der Waals surface area contributed by atoms with E-state index in [1.165, 1.54) is 13.0 Å². The lowest BCUT2D eigenvalue weighted by Crippen LogP contribution is -2.37. The van der Waals surface area contributed by atoms with E-state index < -0.39 is 23.7 Å². The molecular formula is C22H25F3N4O3. The number of hydrogen-bond donors (Lipinski definition) is 3. The summed E-state index contributed by atoms with van der Waals surface area (Å²) in [5, 5.41) is 8.28. The minimum absolute atomic E-state index is 0.0902. The first-order chi connectivity index (χ1) is 15.1. The number of morpholine rings is 1. The highest BCUT2D eigenvalue weighted by Crippen LogP contribution is 2.36. The molecule has 0 radical (unpaired) electrons. The standard InChI is InChI=1S/C22H25F3N4O3/c1-14(26-17-4-3-5-18(13-17)27-15(2)30)21(31)28-19-12-16(22(23,24)25)6-7-20(19)29-8-10-32-11-9-29/h3-7,12-14,26H,8-11H2,1-2H3,(H,27,30)(H,28,31). The van der Waals surface area contributed by atoms with Crippen molar-refractivity contribution in [2.75, 3.05) is 47.2 Å². The van der Waals surface area contributed by atoms with Crippen LogP contribution in [0.4, 0.5) is 35.9 Å². The van der Waals surface area contributed by atoms with E-state index in [4.69, 9.17) is 4.74 Å². The molecule has 1 fully saturated rings. The molecule has 1 aliphatic rings. The fraction of sp³-hybridized carbons (Fsp3) is 0.364. The Labute approximate surface area is 183 Å². The van der Waals surface area contributed by atoms with E-state index in [-0.39, 0.29) is 11.6 Å². The highest BCUT2D eigenvalue weighted by atomic mass is 19.4. The van der Waals surface area contributed by atoms with Gasteiger partial charge in [-0.15, -0.1) is 0 Å². The fourth-order valence-electron chi connectivity index (χ4n) is 3.34. The molecule has 10 heteroatoms. The van der Waals surface area contributed by atoms with Crippen molar-refractivity contribution < 1.29 is 27.5 Å². The minimum Gasteiger partial charge on any atom is -0.378 e. The van der Waals surface area contributed by atoms with Crippen molar-refractivity contribution in [2.24, 2.45) is 0 Å². The van der Waals surface area contributed by atoms with Gasteiger partial charge in [-0.3, -0.25) is 9.59 Å². The molecule has 32 heavy (non-hydrogen) atoms. The Hall–Kier alpha value is -3.27. The number of halogens is 3. The van der Waals surface area contributed by atoms with Crippen molar-refractivity contribution in [3.63, 3.8) is 0 Å². The Balaban J connectivity index is 1.78. The number of ether oxygens (including phenoxy) is 1. The van der Waals surface area contributed by atoms with E-state index >= 15 is 0 Å². The summed E-state index contributed by atoms with van der Waals surface area (Å²) in [7, 11) is 0. The maximum atomic E-state index is 13.3. The van der Waals surface area contributed by atoms with E-state index in [0.29, 0.717) is 43.4 Å². The number of alkyl halides is 3. The molecule has 2 aromatic rings. The molecule has 7 nitrogen and oxygen atoms in total. The van der Waals surface area contributed by atoms with Gasteiger partial charge in [0.2, 0.25) is 11.8 Å². The summed E-state index contributed by atoms with van der Waals surface area (Å²) in [5.41, 5.74) is 0.897. The summed E-state index contributed by atoms with van der Waals surface area (Å²) in [4.78, 5) is 25.9. The largest absolute Gasteiger partial charge is 0.416 e. The summed E-state index contributed by atoms with van der Waals surface area (Å²) in [6.45, 7) is 4.92. The molecule has 2 amide bonds. The molecule has 0 aromatic heterocycles. The second-order valence-electron chi connectivity index (χ2n) is 7.45. The van der Waals surface area contributed by atoms with Crippen LogP contribution in [0.25, 0.3) is 0 Å². The number of nitrogens with one attached hydrogen (secondary N) is 3. The maximum absolute atomic E-state index is 13.3. The van der Waals surface area contributed by atoms with Gasteiger partial charge < -0.3 is 25.6 Å². The quantitative estimate of drug-likeness (QED) is 0.621. The second kappa shape index (κ2) is 9.90. The first-order valence-electron chi connectivity index (χ1n) is 10.1. The molecule has 0 saturated carbocycles. The van der Waals surface area contributed by atoms with Gasteiger partial charge in [0.05, 0.1) is 30.2 Å². The van der Waals surface area contributed by atoms with Crippen molar-refractivity contribution in [1.29, 1.82) is 0 Å². The fourth-order valence-corrected chi connectivity index (χ4v) is 3.34. The molecule has 3 rings (SSSR count). The second-order valence-corrected chi connectivity index (χ2v) is 7.45. The van der Waals surface area contributed by atoms with E-state index in [1.54, 1.807) is 31.2 Å². The first-order valence-corrected chi connectivity index (χ1v) is 10.1. The molecule has 1 heterocycles. The lowest BCUT2D eigenvalue weighted by Gasteiger charge is -2.31. The smallest absolute Gasteiger partial charge is 0.378 e. The van der Waals surface area contributed by atoms with Crippen molar-refractivity contribution in [3.05, 3.63) is 48.0 Å². The Bertz CT molecular complexity index is 975. The van der Waals surface area contributed by atoms with E-state index in [0.717, 1.165) is 12.1 Å². The summed E-state index contributed by atoms with van der Waals surface area (Å²) >= 11 is 0. The molecule has 2 aromatic carbocycles. The molecule has 3 N–H and O–H groups in total. The van der Waals surface area contributed by atoms with Crippen LogP contribution in [0.15, 0.2) is 42.5 Å². The average Bonchev–Trinajstić information content (AvgIpc) is 2.73. The summed E-state index contributed by atoms with van der Waals surface area (Å²) in [6.07, 6.45) is -4.53. The zero-order valence-electron chi connectivity index (χ0n) is 17.8. The predicted molar refractivity (Wildman–Crippen MR) is 117 cm³/mol. The van der Waals surface area contributed by atoms with Crippen LogP contribution in [-0.2, 0) is 20.5 Å². The summed E-state index contributed by atoms with van der Waals surface area (Å²) in [5.74, 6) is -0.725. The number of amides is 2. The van der Waals surface area contributed by atoms with Crippen molar-refractivity contribution in [3.8, 4) is 0 Å². The number of carbonyl (C=O) groups is 2. The van der Waals surface area contributed by atoms with Gasteiger partial charge in [0.15, 0.2) is 0 Å². The number of hydrogen-bond acceptors (Lipinski definition) is 5. The summed E-state index contributed by atoms with van der Waals surface area (Å²) < 4.78 is 45.1. The molecule has 1 unspecified atom stereocenters. The SMILES string of the molecule is CC(=O)Nc1cccc(NC(C)C(=O)Nc2cc(C(F)(F)F)ccc2N2CCOCC2)c1.